The Kier molecular flexibility index (Phi) is 2.79. The molecule has 0 aliphatic carbocycles. The lowest BCUT2D eigenvalue weighted by Crippen LogP contribution is -2.00. The van der Waals surface area contributed by atoms with E-state index in [0.717, 1.165) is 0 Å². The van der Waals surface area contributed by atoms with Crippen molar-refractivity contribution in [1.29, 1.82) is 0 Å². The molecule has 0 amide bonds. The van der Waals surface area contributed by atoms with E-state index in [1.165, 1.54) is 6.92 Å². The molecule has 0 aromatic rings. The minimum atomic E-state index is -4.15. The summed E-state index contributed by atoms with van der Waals surface area (Å²) in [5.74, 6) is 0. The standard InChI is InChI=1S/C4H4F3I/c1-3(8)2-4(5,6)7/h2H,1H3/b3-2-. The third-order valence-electron chi connectivity index (χ3n) is 0.363. The molecule has 0 saturated heterocycles. The van der Waals surface area contributed by atoms with E-state index in [4.69, 9.17) is 0 Å². The maximum absolute atomic E-state index is 11.2. The van der Waals surface area contributed by atoms with Crippen LogP contribution >= 0.6 is 22.6 Å². The van der Waals surface area contributed by atoms with Crippen molar-refractivity contribution in [2.24, 2.45) is 0 Å². The van der Waals surface area contributed by atoms with E-state index in [-0.39, 0.29) is 9.66 Å². The van der Waals surface area contributed by atoms with Crippen molar-refractivity contribution in [3.8, 4) is 0 Å². The summed E-state index contributed by atoms with van der Waals surface area (Å²) in [6.07, 6.45) is -3.89. The normalized spacial score (nSPS) is 14.4. The van der Waals surface area contributed by atoms with Gasteiger partial charge in [0.2, 0.25) is 0 Å². The number of hydrogen-bond donors (Lipinski definition) is 0. The van der Waals surface area contributed by atoms with E-state index in [0.29, 0.717) is 0 Å². The summed E-state index contributed by atoms with van der Waals surface area (Å²) in [6.45, 7) is 1.40. The third kappa shape index (κ3) is 6.26. The summed E-state index contributed by atoms with van der Waals surface area (Å²) in [7, 11) is 0. The van der Waals surface area contributed by atoms with Crippen LogP contribution in [0.5, 0.6) is 0 Å². The van der Waals surface area contributed by atoms with Crippen molar-refractivity contribution in [2.45, 2.75) is 13.1 Å². The minimum absolute atomic E-state index is 0.245. The molecule has 0 aromatic carbocycles. The van der Waals surface area contributed by atoms with Gasteiger partial charge in [-0.15, -0.1) is 0 Å². The van der Waals surface area contributed by atoms with Gasteiger partial charge in [-0.25, -0.2) is 0 Å². The van der Waals surface area contributed by atoms with Gasteiger partial charge in [0, 0.05) is 6.08 Å². The van der Waals surface area contributed by atoms with Crippen molar-refractivity contribution >= 4 is 22.6 Å². The molecule has 48 valence electrons. The molecule has 0 aliphatic heterocycles. The molecule has 0 saturated carbocycles. The fourth-order valence-electron chi connectivity index (χ4n) is 0.226. The Labute approximate surface area is 58.9 Å². The molecule has 0 spiro atoms. The van der Waals surface area contributed by atoms with Crippen molar-refractivity contribution in [3.63, 3.8) is 0 Å². The van der Waals surface area contributed by atoms with Gasteiger partial charge in [0.15, 0.2) is 0 Å². The van der Waals surface area contributed by atoms with Gasteiger partial charge in [0.1, 0.15) is 0 Å². The third-order valence-corrected chi connectivity index (χ3v) is 0.674. The average Bonchev–Trinajstić information content (AvgIpc) is 1.21. The highest BCUT2D eigenvalue weighted by molar-refractivity contribution is 14.1. The van der Waals surface area contributed by atoms with Crippen LogP contribution in [0.25, 0.3) is 0 Å². The second-order valence-corrected chi connectivity index (χ2v) is 2.97. The largest absolute Gasteiger partial charge is 0.410 e. The van der Waals surface area contributed by atoms with Crippen molar-refractivity contribution < 1.29 is 13.2 Å². The first-order valence-electron chi connectivity index (χ1n) is 1.83. The number of halogens is 4. The van der Waals surface area contributed by atoms with Crippen LogP contribution in [0.3, 0.4) is 0 Å². The number of rotatable bonds is 0. The fourth-order valence-corrected chi connectivity index (χ4v) is 0.579. The smallest absolute Gasteiger partial charge is 0.167 e. The van der Waals surface area contributed by atoms with Gasteiger partial charge < -0.3 is 0 Å². The van der Waals surface area contributed by atoms with Crippen LogP contribution in [-0.2, 0) is 0 Å². The van der Waals surface area contributed by atoms with Crippen LogP contribution < -0.4 is 0 Å². The molecule has 4 heteroatoms. The summed E-state index contributed by atoms with van der Waals surface area (Å²) in [6, 6.07) is 0. The van der Waals surface area contributed by atoms with Crippen LogP contribution in [0.4, 0.5) is 13.2 Å². The van der Waals surface area contributed by atoms with Crippen molar-refractivity contribution in [2.75, 3.05) is 0 Å². The van der Waals surface area contributed by atoms with Gasteiger partial charge in [-0.05, 0) is 33.1 Å². The van der Waals surface area contributed by atoms with E-state index in [2.05, 4.69) is 0 Å². The Morgan fingerprint density at radius 2 is 1.88 bits per heavy atom. The van der Waals surface area contributed by atoms with Crippen LogP contribution in [0.15, 0.2) is 9.66 Å². The molecule has 0 bridgehead atoms. The van der Waals surface area contributed by atoms with Crippen molar-refractivity contribution in [3.05, 3.63) is 9.66 Å². The van der Waals surface area contributed by atoms with E-state index < -0.39 is 6.18 Å². The summed E-state index contributed by atoms with van der Waals surface area (Å²) in [5, 5.41) is 0. The SMILES string of the molecule is C/C(I)=C/C(F)(F)F. The van der Waals surface area contributed by atoms with Gasteiger partial charge in [0.25, 0.3) is 0 Å². The molecule has 0 radical (unpaired) electrons. The lowest BCUT2D eigenvalue weighted by atomic mass is 10.5. The summed E-state index contributed by atoms with van der Waals surface area (Å²) in [5.41, 5.74) is 0. The highest BCUT2D eigenvalue weighted by Gasteiger charge is 2.22. The Balaban J connectivity index is 3.89. The molecule has 0 fully saturated rings. The molecule has 0 heterocycles. The molecule has 0 nitrogen and oxygen atoms in total. The average molecular weight is 236 g/mol. The highest BCUT2D eigenvalue weighted by Crippen LogP contribution is 2.20. The Bertz CT molecular complexity index is 98.3. The monoisotopic (exact) mass is 236 g/mol. The van der Waals surface area contributed by atoms with Gasteiger partial charge >= 0.3 is 6.18 Å². The maximum Gasteiger partial charge on any atom is 0.410 e. The van der Waals surface area contributed by atoms with Crippen LogP contribution in [0, 0.1) is 0 Å². The topological polar surface area (TPSA) is 0 Å². The highest BCUT2D eigenvalue weighted by atomic mass is 127. The molecule has 0 unspecified atom stereocenters. The van der Waals surface area contributed by atoms with Crippen LogP contribution in [0.1, 0.15) is 6.92 Å². The van der Waals surface area contributed by atoms with Crippen molar-refractivity contribution in [1.82, 2.24) is 0 Å². The Morgan fingerprint density at radius 1 is 1.50 bits per heavy atom. The number of alkyl halides is 3. The zero-order valence-corrected chi connectivity index (χ0v) is 6.25. The summed E-state index contributed by atoms with van der Waals surface area (Å²) in [4.78, 5) is 0. The zero-order chi connectivity index (χ0) is 6.78. The summed E-state index contributed by atoms with van der Waals surface area (Å²) >= 11 is 1.61. The number of allylic oxidation sites excluding steroid dienone is 2. The minimum Gasteiger partial charge on any atom is -0.167 e. The predicted octanol–water partition coefficient (Wildman–Crippen LogP) is 2.89. The first-order chi connectivity index (χ1) is 3.42. The molecular formula is C4H4F3I. The van der Waals surface area contributed by atoms with E-state index in [1.807, 2.05) is 0 Å². The lowest BCUT2D eigenvalue weighted by molar-refractivity contribution is -0.0800. The van der Waals surface area contributed by atoms with Gasteiger partial charge in [-0.2, -0.15) is 13.2 Å². The van der Waals surface area contributed by atoms with E-state index >= 15 is 0 Å². The Morgan fingerprint density at radius 3 is 1.88 bits per heavy atom. The summed E-state index contributed by atoms with van der Waals surface area (Å²) < 4.78 is 33.9. The molecule has 0 aromatic heterocycles. The first kappa shape index (κ1) is 8.26. The molecule has 0 rings (SSSR count). The molecule has 0 N–H and O–H groups in total. The van der Waals surface area contributed by atoms with E-state index in [9.17, 15) is 13.2 Å². The quantitative estimate of drug-likeness (QED) is 0.567. The molecule has 0 atom stereocenters. The molecular weight excluding hydrogens is 232 g/mol. The second-order valence-electron chi connectivity index (χ2n) is 1.27. The van der Waals surface area contributed by atoms with Crippen LogP contribution in [-0.4, -0.2) is 6.18 Å². The first-order valence-corrected chi connectivity index (χ1v) is 2.91. The van der Waals surface area contributed by atoms with Gasteiger partial charge in [0.05, 0.1) is 0 Å². The maximum atomic E-state index is 11.2. The van der Waals surface area contributed by atoms with Gasteiger partial charge in [-0.3, -0.25) is 0 Å². The predicted molar refractivity (Wildman–Crippen MR) is 33.8 cm³/mol. The Hall–Kier alpha value is 0.260. The van der Waals surface area contributed by atoms with Gasteiger partial charge in [-0.1, -0.05) is 0 Å². The van der Waals surface area contributed by atoms with Crippen LogP contribution in [0.2, 0.25) is 0 Å². The second kappa shape index (κ2) is 2.70. The molecule has 0 aliphatic rings. The molecule has 8 heavy (non-hydrogen) atoms. The number of hydrogen-bond acceptors (Lipinski definition) is 0. The zero-order valence-electron chi connectivity index (χ0n) is 4.09. The lowest BCUT2D eigenvalue weighted by Gasteiger charge is -1.96. The fraction of sp³-hybridized carbons (Fsp3) is 0.500. The van der Waals surface area contributed by atoms with E-state index in [1.54, 1.807) is 22.6 Å².